The monoisotopic (exact) mass is 391 g/mol. The third kappa shape index (κ3) is 3.43. The maximum atomic E-state index is 13.0. The summed E-state index contributed by atoms with van der Waals surface area (Å²) in [5, 5.41) is 1.13. The van der Waals surface area contributed by atoms with Gasteiger partial charge >= 0.3 is 0 Å². The van der Waals surface area contributed by atoms with Gasteiger partial charge in [-0.05, 0) is 36.6 Å². The summed E-state index contributed by atoms with van der Waals surface area (Å²) in [7, 11) is 0. The van der Waals surface area contributed by atoms with Gasteiger partial charge in [0.2, 0.25) is 0 Å². The zero-order valence-corrected chi connectivity index (χ0v) is 16.9. The van der Waals surface area contributed by atoms with E-state index in [9.17, 15) is 4.79 Å². The van der Waals surface area contributed by atoms with Crippen molar-refractivity contribution in [3.8, 4) is 5.75 Å². The van der Waals surface area contributed by atoms with Crippen LogP contribution in [0, 0.1) is 5.41 Å². The number of halogens is 2. The lowest BCUT2D eigenvalue weighted by molar-refractivity contribution is -0.178. The Morgan fingerprint density at radius 2 is 1.58 bits per heavy atom. The predicted octanol–water partition coefficient (Wildman–Crippen LogP) is 5.76. The van der Waals surface area contributed by atoms with Gasteiger partial charge in [0.05, 0.1) is 12.1 Å². The van der Waals surface area contributed by atoms with E-state index >= 15 is 0 Å². The lowest BCUT2D eigenvalue weighted by Gasteiger charge is -2.55. The second-order valence-electron chi connectivity index (χ2n) is 7.72. The number of β-lactam (4-membered cyclic amide) rings is 1. The summed E-state index contributed by atoms with van der Waals surface area (Å²) in [6.07, 6.45) is -0.513. The Morgan fingerprint density at radius 3 is 2.12 bits per heavy atom. The Labute approximate surface area is 164 Å². The number of hydrogen-bond acceptors (Lipinski definition) is 2. The molecule has 0 N–H and O–H groups in total. The SMILES string of the molecule is C[C@@H](c1c(Cl)cccc1Cl)N1C(=O)[C@H](Oc2ccccc2)[C@@H]1C(C)(C)C. The topological polar surface area (TPSA) is 29.5 Å². The third-order valence-electron chi connectivity index (χ3n) is 4.81. The van der Waals surface area contributed by atoms with E-state index in [-0.39, 0.29) is 23.4 Å². The van der Waals surface area contributed by atoms with Crippen LogP contribution in [0.25, 0.3) is 0 Å². The maximum absolute atomic E-state index is 13.0. The molecule has 0 bridgehead atoms. The first-order chi connectivity index (χ1) is 12.2. The number of nitrogens with zero attached hydrogens (tertiary/aromatic N) is 1. The number of carbonyl (C=O) groups excluding carboxylic acids is 1. The highest BCUT2D eigenvalue weighted by Gasteiger charge is 2.56. The fourth-order valence-corrected chi connectivity index (χ4v) is 4.31. The summed E-state index contributed by atoms with van der Waals surface area (Å²) in [6, 6.07) is 14.5. The summed E-state index contributed by atoms with van der Waals surface area (Å²) in [6.45, 7) is 8.29. The molecule has 1 saturated heterocycles. The molecule has 2 aromatic rings. The van der Waals surface area contributed by atoms with Gasteiger partial charge in [-0.2, -0.15) is 0 Å². The van der Waals surface area contributed by atoms with Crippen LogP contribution in [0.3, 0.4) is 0 Å². The van der Waals surface area contributed by atoms with Crippen LogP contribution in [0.5, 0.6) is 5.75 Å². The van der Waals surface area contributed by atoms with Crippen molar-refractivity contribution in [1.29, 1.82) is 0 Å². The standard InChI is InChI=1S/C21H23Cl2NO2/c1-13(17-15(22)11-8-12-16(17)23)24-19(21(2,3)4)18(20(24)25)26-14-9-6-5-7-10-14/h5-13,18-19H,1-4H3/t13-,18+,19+/m0/s1. The van der Waals surface area contributed by atoms with Crippen LogP contribution in [0.1, 0.15) is 39.3 Å². The summed E-state index contributed by atoms with van der Waals surface area (Å²) in [5.41, 5.74) is 0.617. The van der Waals surface area contributed by atoms with Gasteiger partial charge in [-0.1, -0.05) is 68.2 Å². The summed E-state index contributed by atoms with van der Waals surface area (Å²) in [5.74, 6) is 0.653. The number of hydrogen-bond donors (Lipinski definition) is 0. The summed E-state index contributed by atoms with van der Waals surface area (Å²) >= 11 is 12.7. The lowest BCUT2D eigenvalue weighted by Crippen LogP contribution is -2.71. The molecule has 0 aromatic heterocycles. The molecule has 3 rings (SSSR count). The van der Waals surface area contributed by atoms with Crippen LogP contribution in [0.4, 0.5) is 0 Å². The van der Waals surface area contributed by atoms with Gasteiger partial charge in [-0.25, -0.2) is 0 Å². The van der Waals surface area contributed by atoms with Crippen LogP contribution >= 0.6 is 23.2 Å². The van der Waals surface area contributed by atoms with Crippen molar-refractivity contribution in [2.24, 2.45) is 5.41 Å². The van der Waals surface area contributed by atoms with E-state index in [1.54, 1.807) is 18.2 Å². The molecule has 5 heteroatoms. The Kier molecular flexibility index (Phi) is 5.23. The van der Waals surface area contributed by atoms with Crippen LogP contribution in [-0.2, 0) is 4.79 Å². The van der Waals surface area contributed by atoms with E-state index in [1.807, 2.05) is 42.2 Å². The molecule has 26 heavy (non-hydrogen) atoms. The molecule has 0 unspecified atom stereocenters. The Hall–Kier alpha value is -1.71. The Morgan fingerprint density at radius 1 is 1.00 bits per heavy atom. The van der Waals surface area contributed by atoms with Crippen molar-refractivity contribution in [2.45, 2.75) is 45.9 Å². The number of rotatable bonds is 4. The second kappa shape index (κ2) is 7.13. The molecule has 0 saturated carbocycles. The molecule has 3 atom stereocenters. The number of para-hydroxylation sites is 1. The van der Waals surface area contributed by atoms with Crippen LogP contribution in [-0.4, -0.2) is 23.0 Å². The molecule has 1 heterocycles. The van der Waals surface area contributed by atoms with E-state index in [4.69, 9.17) is 27.9 Å². The molecular weight excluding hydrogens is 369 g/mol. The highest BCUT2D eigenvalue weighted by molar-refractivity contribution is 6.36. The van der Waals surface area contributed by atoms with Crippen LogP contribution in [0.15, 0.2) is 48.5 Å². The van der Waals surface area contributed by atoms with E-state index in [0.717, 1.165) is 5.56 Å². The van der Waals surface area contributed by atoms with Gasteiger partial charge in [0.15, 0.2) is 6.10 Å². The average molecular weight is 392 g/mol. The van der Waals surface area contributed by atoms with Crippen molar-refractivity contribution in [1.82, 2.24) is 4.90 Å². The number of amides is 1. The minimum atomic E-state index is -0.513. The van der Waals surface area contributed by atoms with Crippen molar-refractivity contribution in [2.75, 3.05) is 0 Å². The number of ether oxygens (including phenoxy) is 1. The molecule has 0 aliphatic carbocycles. The molecule has 0 spiro atoms. The molecule has 0 radical (unpaired) electrons. The third-order valence-corrected chi connectivity index (χ3v) is 5.47. The fourth-order valence-electron chi connectivity index (χ4n) is 3.60. The quantitative estimate of drug-likeness (QED) is 0.620. The van der Waals surface area contributed by atoms with Gasteiger partial charge in [0.25, 0.3) is 5.91 Å². The zero-order chi connectivity index (χ0) is 19.1. The largest absolute Gasteiger partial charge is 0.478 e. The highest BCUT2D eigenvalue weighted by atomic mass is 35.5. The first-order valence-electron chi connectivity index (χ1n) is 8.69. The molecule has 138 valence electrons. The zero-order valence-electron chi connectivity index (χ0n) is 15.4. The van der Waals surface area contributed by atoms with Gasteiger partial charge in [0.1, 0.15) is 5.75 Å². The van der Waals surface area contributed by atoms with Gasteiger partial charge < -0.3 is 9.64 Å². The van der Waals surface area contributed by atoms with Crippen molar-refractivity contribution >= 4 is 29.1 Å². The smallest absolute Gasteiger partial charge is 0.266 e. The minimum absolute atomic E-state index is 0.0442. The molecule has 1 aliphatic heterocycles. The molecule has 1 aliphatic rings. The lowest BCUT2D eigenvalue weighted by atomic mass is 9.75. The number of carbonyl (C=O) groups is 1. The molecular formula is C21H23Cl2NO2. The highest BCUT2D eigenvalue weighted by Crippen LogP contribution is 2.44. The average Bonchev–Trinajstić information content (AvgIpc) is 2.56. The summed E-state index contributed by atoms with van der Waals surface area (Å²) < 4.78 is 6.02. The Bertz CT molecular complexity index is 781. The second-order valence-corrected chi connectivity index (χ2v) is 8.53. The van der Waals surface area contributed by atoms with Gasteiger partial charge in [-0.3, -0.25) is 4.79 Å². The summed E-state index contributed by atoms with van der Waals surface area (Å²) in [4.78, 5) is 14.8. The number of benzene rings is 2. The molecule has 2 aromatic carbocycles. The van der Waals surface area contributed by atoms with E-state index in [1.165, 1.54) is 0 Å². The Balaban J connectivity index is 1.91. The van der Waals surface area contributed by atoms with Crippen molar-refractivity contribution in [3.05, 3.63) is 64.1 Å². The van der Waals surface area contributed by atoms with Crippen LogP contribution < -0.4 is 4.74 Å². The van der Waals surface area contributed by atoms with Gasteiger partial charge in [-0.15, -0.1) is 0 Å². The first kappa shape index (κ1) is 19.1. The maximum Gasteiger partial charge on any atom is 0.266 e. The van der Waals surface area contributed by atoms with E-state index < -0.39 is 6.10 Å². The van der Waals surface area contributed by atoms with Gasteiger partial charge in [0, 0.05) is 15.6 Å². The number of likely N-dealkylation sites (tertiary alicyclic amines) is 1. The normalized spacial score (nSPS) is 21.3. The van der Waals surface area contributed by atoms with E-state index in [0.29, 0.717) is 15.8 Å². The van der Waals surface area contributed by atoms with E-state index in [2.05, 4.69) is 20.8 Å². The van der Waals surface area contributed by atoms with Crippen molar-refractivity contribution in [3.63, 3.8) is 0 Å². The van der Waals surface area contributed by atoms with Crippen molar-refractivity contribution < 1.29 is 9.53 Å². The molecule has 1 fully saturated rings. The van der Waals surface area contributed by atoms with Crippen LogP contribution in [0.2, 0.25) is 10.0 Å². The molecule has 1 amide bonds. The first-order valence-corrected chi connectivity index (χ1v) is 9.45. The minimum Gasteiger partial charge on any atom is -0.478 e. The molecule has 3 nitrogen and oxygen atoms in total. The predicted molar refractivity (Wildman–Crippen MR) is 106 cm³/mol. The fraction of sp³-hybridized carbons (Fsp3) is 0.381.